The Labute approximate surface area is 166 Å². The molecule has 0 saturated heterocycles. The maximum atomic E-state index is 9.66. The van der Waals surface area contributed by atoms with Crippen molar-refractivity contribution >= 4 is 34.1 Å². The van der Waals surface area contributed by atoms with Gasteiger partial charge in [-0.1, -0.05) is 72.8 Å². The van der Waals surface area contributed by atoms with Crippen LogP contribution >= 0.6 is 0 Å². The molecule has 4 aromatic rings. The van der Waals surface area contributed by atoms with Crippen LogP contribution in [0, 0.1) is 6.92 Å². The highest BCUT2D eigenvalue weighted by Gasteiger charge is 2.17. The molecule has 0 saturated carbocycles. The number of aryl methyl sites for hydroxylation is 1. The van der Waals surface area contributed by atoms with E-state index in [1.165, 1.54) is 32.7 Å². The molecule has 0 bridgehead atoms. The molecule has 4 heteroatoms. The third-order valence-corrected chi connectivity index (χ3v) is 5.51. The summed E-state index contributed by atoms with van der Waals surface area (Å²) in [5.41, 5.74) is 4.11. The van der Waals surface area contributed by atoms with Crippen molar-refractivity contribution < 1.29 is 10.0 Å². The Morgan fingerprint density at radius 1 is 0.714 bits per heavy atom. The van der Waals surface area contributed by atoms with Crippen molar-refractivity contribution in [3.05, 3.63) is 89.5 Å². The Bertz CT molecular complexity index is 1080. The average Bonchev–Trinajstić information content (AvgIpc) is 2.71. The van der Waals surface area contributed by atoms with E-state index in [0.717, 1.165) is 12.1 Å². The van der Waals surface area contributed by atoms with Crippen LogP contribution in [0.4, 0.5) is 0 Å². The molecule has 0 aliphatic heterocycles. The van der Waals surface area contributed by atoms with Gasteiger partial charge in [0.2, 0.25) is 0 Å². The summed E-state index contributed by atoms with van der Waals surface area (Å²) in [6.07, 6.45) is 0. The first-order valence-corrected chi connectivity index (χ1v) is 9.57. The van der Waals surface area contributed by atoms with Gasteiger partial charge in [0, 0.05) is 13.1 Å². The Kier molecular flexibility index (Phi) is 5.18. The molecule has 140 valence electrons. The van der Waals surface area contributed by atoms with Crippen LogP contribution in [0.3, 0.4) is 0 Å². The fourth-order valence-electron chi connectivity index (χ4n) is 4.15. The van der Waals surface area contributed by atoms with Crippen LogP contribution in [0.1, 0.15) is 16.7 Å². The molecule has 0 aromatic heterocycles. The van der Waals surface area contributed by atoms with E-state index < -0.39 is 7.12 Å². The zero-order valence-corrected chi connectivity index (χ0v) is 16.3. The smallest absolute Gasteiger partial charge is 0.423 e. The number of nitrogens with zero attached hydrogens (tertiary/aromatic N) is 1. The Morgan fingerprint density at radius 2 is 1.21 bits per heavy atom. The van der Waals surface area contributed by atoms with Gasteiger partial charge >= 0.3 is 7.12 Å². The van der Waals surface area contributed by atoms with Crippen molar-refractivity contribution in [2.45, 2.75) is 20.0 Å². The summed E-state index contributed by atoms with van der Waals surface area (Å²) in [6.45, 7) is 3.61. The predicted molar refractivity (Wildman–Crippen MR) is 118 cm³/mol. The van der Waals surface area contributed by atoms with Gasteiger partial charge in [-0.2, -0.15) is 0 Å². The second-order valence-corrected chi connectivity index (χ2v) is 7.44. The van der Waals surface area contributed by atoms with Crippen molar-refractivity contribution in [1.82, 2.24) is 4.90 Å². The van der Waals surface area contributed by atoms with Crippen LogP contribution in [0.2, 0.25) is 0 Å². The predicted octanol–water partition coefficient (Wildman–Crippen LogP) is 3.61. The molecular weight excluding hydrogens is 345 g/mol. The normalized spacial score (nSPS) is 11.5. The van der Waals surface area contributed by atoms with E-state index >= 15 is 0 Å². The quantitative estimate of drug-likeness (QED) is 0.417. The van der Waals surface area contributed by atoms with Crippen LogP contribution in [-0.2, 0) is 13.1 Å². The molecule has 28 heavy (non-hydrogen) atoms. The largest absolute Gasteiger partial charge is 0.488 e. The number of hydrogen-bond acceptors (Lipinski definition) is 3. The molecule has 0 atom stereocenters. The minimum atomic E-state index is -1.45. The summed E-state index contributed by atoms with van der Waals surface area (Å²) in [4.78, 5) is 2.23. The molecule has 3 nitrogen and oxygen atoms in total. The van der Waals surface area contributed by atoms with E-state index in [0.29, 0.717) is 12.0 Å². The first-order valence-electron chi connectivity index (χ1n) is 9.57. The van der Waals surface area contributed by atoms with Crippen molar-refractivity contribution in [1.29, 1.82) is 0 Å². The molecule has 2 N–H and O–H groups in total. The standard InChI is InChI=1S/C24H24BNO2/c1-17-19-10-4-6-12-21(19)23(22-13-7-5-11-20(17)22)16-26(2)15-18-9-3-8-14-24(18)25(27)28/h3-14,27-28H,15-16H2,1-2H3. The average molecular weight is 369 g/mol. The third kappa shape index (κ3) is 3.42. The molecular formula is C24H24BNO2. The van der Waals surface area contributed by atoms with Gasteiger partial charge in [-0.05, 0) is 57.7 Å². The molecule has 4 aromatic carbocycles. The van der Waals surface area contributed by atoms with Gasteiger partial charge < -0.3 is 10.0 Å². The van der Waals surface area contributed by atoms with Crippen molar-refractivity contribution in [3.8, 4) is 0 Å². The number of rotatable bonds is 5. The Hall–Kier alpha value is -2.66. The molecule has 0 amide bonds. The fourth-order valence-corrected chi connectivity index (χ4v) is 4.15. The van der Waals surface area contributed by atoms with Gasteiger partial charge in [-0.25, -0.2) is 0 Å². The van der Waals surface area contributed by atoms with Crippen molar-refractivity contribution in [2.75, 3.05) is 7.05 Å². The molecule has 0 aliphatic carbocycles. The van der Waals surface area contributed by atoms with E-state index in [1.807, 2.05) is 18.2 Å². The number of hydrogen-bond donors (Lipinski definition) is 2. The van der Waals surface area contributed by atoms with Crippen molar-refractivity contribution in [2.24, 2.45) is 0 Å². The number of fused-ring (bicyclic) bond motifs is 2. The van der Waals surface area contributed by atoms with Crippen LogP contribution in [0.5, 0.6) is 0 Å². The van der Waals surface area contributed by atoms with Crippen molar-refractivity contribution in [3.63, 3.8) is 0 Å². The van der Waals surface area contributed by atoms with Gasteiger partial charge in [-0.15, -0.1) is 0 Å². The molecule has 0 aliphatic rings. The molecule has 0 radical (unpaired) electrons. The van der Waals surface area contributed by atoms with E-state index in [2.05, 4.69) is 67.4 Å². The lowest BCUT2D eigenvalue weighted by molar-refractivity contribution is 0.321. The van der Waals surface area contributed by atoms with Crippen LogP contribution < -0.4 is 5.46 Å². The second-order valence-electron chi connectivity index (χ2n) is 7.44. The fraction of sp³-hybridized carbons (Fsp3) is 0.167. The zero-order valence-electron chi connectivity index (χ0n) is 16.3. The minimum Gasteiger partial charge on any atom is -0.423 e. The molecule has 0 spiro atoms. The van der Waals surface area contributed by atoms with Gasteiger partial charge in [0.25, 0.3) is 0 Å². The third-order valence-electron chi connectivity index (χ3n) is 5.51. The second kappa shape index (κ2) is 7.76. The highest BCUT2D eigenvalue weighted by atomic mass is 16.4. The summed E-state index contributed by atoms with van der Waals surface area (Å²) in [5.74, 6) is 0. The first kappa shape index (κ1) is 18.7. The SMILES string of the molecule is Cc1c2ccccc2c(CN(C)Cc2ccccc2B(O)O)c2ccccc12. The Balaban J connectivity index is 1.76. The highest BCUT2D eigenvalue weighted by molar-refractivity contribution is 6.59. The van der Waals surface area contributed by atoms with Gasteiger partial charge in [-0.3, -0.25) is 4.90 Å². The lowest BCUT2D eigenvalue weighted by Gasteiger charge is -2.22. The monoisotopic (exact) mass is 369 g/mol. The van der Waals surface area contributed by atoms with Crippen LogP contribution in [0.25, 0.3) is 21.5 Å². The van der Waals surface area contributed by atoms with E-state index in [9.17, 15) is 10.0 Å². The summed E-state index contributed by atoms with van der Waals surface area (Å²) in [6, 6.07) is 24.6. The van der Waals surface area contributed by atoms with E-state index in [-0.39, 0.29) is 0 Å². The lowest BCUT2D eigenvalue weighted by atomic mass is 9.77. The first-order chi connectivity index (χ1) is 13.6. The van der Waals surface area contributed by atoms with E-state index in [4.69, 9.17) is 0 Å². The maximum Gasteiger partial charge on any atom is 0.488 e. The maximum absolute atomic E-state index is 9.66. The Morgan fingerprint density at radius 3 is 1.79 bits per heavy atom. The van der Waals surface area contributed by atoms with E-state index in [1.54, 1.807) is 6.07 Å². The number of benzene rings is 4. The molecule has 0 heterocycles. The molecule has 0 unspecified atom stereocenters. The lowest BCUT2D eigenvalue weighted by Crippen LogP contribution is -2.35. The topological polar surface area (TPSA) is 43.7 Å². The minimum absolute atomic E-state index is 0.563. The summed E-state index contributed by atoms with van der Waals surface area (Å²) in [5, 5.41) is 24.4. The van der Waals surface area contributed by atoms with Gasteiger partial charge in [0.05, 0.1) is 0 Å². The molecule has 4 rings (SSSR count). The van der Waals surface area contributed by atoms with Crippen LogP contribution in [-0.4, -0.2) is 29.1 Å². The summed E-state index contributed by atoms with van der Waals surface area (Å²) in [7, 11) is 0.620. The summed E-state index contributed by atoms with van der Waals surface area (Å²) < 4.78 is 0. The van der Waals surface area contributed by atoms with Crippen LogP contribution in [0.15, 0.2) is 72.8 Å². The van der Waals surface area contributed by atoms with Gasteiger partial charge in [0.1, 0.15) is 0 Å². The highest BCUT2D eigenvalue weighted by Crippen LogP contribution is 2.33. The molecule has 0 fully saturated rings. The summed E-state index contributed by atoms with van der Waals surface area (Å²) >= 11 is 0. The van der Waals surface area contributed by atoms with Gasteiger partial charge in [0.15, 0.2) is 0 Å². The zero-order chi connectivity index (χ0) is 19.7.